The lowest BCUT2D eigenvalue weighted by molar-refractivity contribution is 0.101. The standard InChI is InChI=1S/C16H12F2N2OS/c17-11-5-3-6-12(18)14(11)15(21)20-16-10(8-19)9-4-1-2-7-13(9)22-16/h3,5-6H,1-2,4,7H2,(H,20,21). The van der Waals surface area contributed by atoms with Gasteiger partial charge in [-0.3, -0.25) is 4.79 Å². The van der Waals surface area contributed by atoms with Gasteiger partial charge in [0.2, 0.25) is 0 Å². The van der Waals surface area contributed by atoms with Crippen LogP contribution in [0.1, 0.15) is 39.2 Å². The van der Waals surface area contributed by atoms with Crippen molar-refractivity contribution in [2.75, 3.05) is 5.32 Å². The van der Waals surface area contributed by atoms with Crippen LogP contribution in [0.15, 0.2) is 18.2 Å². The predicted molar refractivity (Wildman–Crippen MR) is 80.0 cm³/mol. The Hall–Kier alpha value is -2.26. The number of fused-ring (bicyclic) bond motifs is 1. The summed E-state index contributed by atoms with van der Waals surface area (Å²) in [4.78, 5) is 13.2. The Kier molecular flexibility index (Phi) is 3.90. The average molecular weight is 318 g/mol. The Balaban J connectivity index is 1.95. The number of carbonyl (C=O) groups is 1. The zero-order valence-electron chi connectivity index (χ0n) is 11.6. The molecule has 0 radical (unpaired) electrons. The maximum absolute atomic E-state index is 13.7. The molecule has 3 rings (SSSR count). The highest BCUT2D eigenvalue weighted by Gasteiger charge is 2.24. The van der Waals surface area contributed by atoms with E-state index in [9.17, 15) is 18.8 Å². The van der Waals surface area contributed by atoms with Crippen molar-refractivity contribution >= 4 is 22.2 Å². The minimum absolute atomic E-state index is 0.377. The lowest BCUT2D eigenvalue weighted by Crippen LogP contribution is -2.15. The summed E-state index contributed by atoms with van der Waals surface area (Å²) in [5, 5.41) is 12.2. The van der Waals surface area contributed by atoms with Crippen molar-refractivity contribution in [1.29, 1.82) is 5.26 Å². The fourth-order valence-electron chi connectivity index (χ4n) is 2.65. The number of amides is 1. The van der Waals surface area contributed by atoms with Gasteiger partial charge in [-0.05, 0) is 43.4 Å². The highest BCUT2D eigenvalue weighted by atomic mass is 32.1. The predicted octanol–water partition coefficient (Wildman–Crippen LogP) is 4.03. The molecule has 2 aromatic rings. The minimum atomic E-state index is -0.919. The second kappa shape index (κ2) is 5.85. The van der Waals surface area contributed by atoms with Crippen molar-refractivity contribution in [2.24, 2.45) is 0 Å². The van der Waals surface area contributed by atoms with Gasteiger partial charge in [-0.25, -0.2) is 8.78 Å². The van der Waals surface area contributed by atoms with Gasteiger partial charge in [0.25, 0.3) is 5.91 Å². The Labute approximate surface area is 130 Å². The second-order valence-corrected chi connectivity index (χ2v) is 6.18. The molecule has 0 spiro atoms. The third kappa shape index (κ3) is 2.48. The molecule has 0 bridgehead atoms. The topological polar surface area (TPSA) is 52.9 Å². The molecule has 1 N–H and O–H groups in total. The van der Waals surface area contributed by atoms with Crippen molar-refractivity contribution in [3.05, 3.63) is 51.4 Å². The van der Waals surface area contributed by atoms with E-state index in [1.165, 1.54) is 17.4 Å². The smallest absolute Gasteiger partial charge is 0.262 e. The normalized spacial score (nSPS) is 13.3. The molecule has 0 fully saturated rings. The summed E-state index contributed by atoms with van der Waals surface area (Å²) in [7, 11) is 0. The number of nitrogens with one attached hydrogen (secondary N) is 1. The molecule has 6 heteroatoms. The van der Waals surface area contributed by atoms with Gasteiger partial charge in [-0.15, -0.1) is 11.3 Å². The molecular formula is C16H12F2N2OS. The summed E-state index contributed by atoms with van der Waals surface area (Å²) in [5.74, 6) is -2.71. The maximum Gasteiger partial charge on any atom is 0.262 e. The van der Waals surface area contributed by atoms with Crippen molar-refractivity contribution in [3.8, 4) is 6.07 Å². The second-order valence-electron chi connectivity index (χ2n) is 5.08. The molecule has 0 saturated carbocycles. The van der Waals surface area contributed by atoms with E-state index in [1.807, 2.05) is 0 Å². The molecule has 0 atom stereocenters. The minimum Gasteiger partial charge on any atom is -0.312 e. The molecule has 1 aromatic heterocycles. The number of carbonyl (C=O) groups excluding carboxylic acids is 1. The highest BCUT2D eigenvalue weighted by molar-refractivity contribution is 7.16. The van der Waals surface area contributed by atoms with Crippen molar-refractivity contribution in [2.45, 2.75) is 25.7 Å². The number of rotatable bonds is 2. The van der Waals surface area contributed by atoms with Gasteiger partial charge in [0, 0.05) is 4.88 Å². The summed E-state index contributed by atoms with van der Waals surface area (Å²) in [6.45, 7) is 0. The molecule has 112 valence electrons. The van der Waals surface area contributed by atoms with E-state index in [-0.39, 0.29) is 0 Å². The van der Waals surface area contributed by atoms with Crippen molar-refractivity contribution in [1.82, 2.24) is 0 Å². The summed E-state index contributed by atoms with van der Waals surface area (Å²) in [6, 6.07) is 5.36. The first kappa shape index (κ1) is 14.7. The number of nitriles is 1. The van der Waals surface area contributed by atoms with E-state index in [0.29, 0.717) is 10.6 Å². The molecule has 1 aliphatic rings. The van der Waals surface area contributed by atoms with Crippen molar-refractivity contribution in [3.63, 3.8) is 0 Å². The van der Waals surface area contributed by atoms with E-state index in [0.717, 1.165) is 48.3 Å². The molecule has 0 saturated heterocycles. The number of aryl methyl sites for hydroxylation is 1. The van der Waals surface area contributed by atoms with Gasteiger partial charge in [0.15, 0.2) is 0 Å². The first-order valence-electron chi connectivity index (χ1n) is 6.92. The summed E-state index contributed by atoms with van der Waals surface area (Å²) >= 11 is 1.32. The van der Waals surface area contributed by atoms with Crippen LogP contribution in [0.4, 0.5) is 13.8 Å². The molecule has 3 nitrogen and oxygen atoms in total. The van der Waals surface area contributed by atoms with Crippen LogP contribution in [0.2, 0.25) is 0 Å². The lowest BCUT2D eigenvalue weighted by atomic mass is 9.96. The number of nitrogens with zero attached hydrogens (tertiary/aromatic N) is 1. The molecule has 22 heavy (non-hydrogen) atoms. The number of hydrogen-bond acceptors (Lipinski definition) is 3. The van der Waals surface area contributed by atoms with Crippen LogP contribution >= 0.6 is 11.3 Å². The van der Waals surface area contributed by atoms with Crippen LogP contribution in [0, 0.1) is 23.0 Å². The van der Waals surface area contributed by atoms with Crippen LogP contribution in [0.25, 0.3) is 0 Å². The Bertz CT molecular complexity index is 772. The third-order valence-electron chi connectivity index (χ3n) is 3.70. The first-order chi connectivity index (χ1) is 10.6. The van der Waals surface area contributed by atoms with Gasteiger partial charge in [-0.2, -0.15) is 5.26 Å². The van der Waals surface area contributed by atoms with Gasteiger partial charge in [0.05, 0.1) is 5.56 Å². The molecule has 1 aliphatic carbocycles. The van der Waals surface area contributed by atoms with Crippen LogP contribution in [-0.4, -0.2) is 5.91 Å². The monoisotopic (exact) mass is 318 g/mol. The van der Waals surface area contributed by atoms with Crippen LogP contribution < -0.4 is 5.32 Å². The zero-order valence-corrected chi connectivity index (χ0v) is 12.4. The summed E-state index contributed by atoms with van der Waals surface area (Å²) in [6.07, 6.45) is 3.73. The largest absolute Gasteiger partial charge is 0.312 e. The van der Waals surface area contributed by atoms with Crippen LogP contribution in [0.5, 0.6) is 0 Å². The maximum atomic E-state index is 13.7. The third-order valence-corrected chi connectivity index (χ3v) is 4.91. The van der Waals surface area contributed by atoms with E-state index in [2.05, 4.69) is 11.4 Å². The molecule has 1 amide bonds. The zero-order chi connectivity index (χ0) is 15.7. The van der Waals surface area contributed by atoms with Gasteiger partial charge >= 0.3 is 0 Å². The number of benzene rings is 1. The van der Waals surface area contributed by atoms with Crippen molar-refractivity contribution < 1.29 is 13.6 Å². The van der Waals surface area contributed by atoms with E-state index in [4.69, 9.17) is 0 Å². The Morgan fingerprint density at radius 3 is 2.59 bits per heavy atom. The molecular weight excluding hydrogens is 306 g/mol. The van der Waals surface area contributed by atoms with E-state index in [1.54, 1.807) is 0 Å². The first-order valence-corrected chi connectivity index (χ1v) is 7.73. The Morgan fingerprint density at radius 2 is 1.91 bits per heavy atom. The van der Waals surface area contributed by atoms with Crippen LogP contribution in [0.3, 0.4) is 0 Å². The van der Waals surface area contributed by atoms with E-state index < -0.39 is 23.1 Å². The average Bonchev–Trinajstić information content (AvgIpc) is 2.83. The van der Waals surface area contributed by atoms with Crippen LogP contribution in [-0.2, 0) is 12.8 Å². The van der Waals surface area contributed by atoms with Gasteiger partial charge in [0.1, 0.15) is 28.3 Å². The van der Waals surface area contributed by atoms with Gasteiger partial charge in [-0.1, -0.05) is 6.07 Å². The molecule has 1 heterocycles. The number of anilines is 1. The number of halogens is 2. The quantitative estimate of drug-likeness (QED) is 0.909. The van der Waals surface area contributed by atoms with Gasteiger partial charge < -0.3 is 5.32 Å². The lowest BCUT2D eigenvalue weighted by Gasteiger charge is -2.09. The van der Waals surface area contributed by atoms with E-state index >= 15 is 0 Å². The number of hydrogen-bond donors (Lipinski definition) is 1. The Morgan fingerprint density at radius 1 is 1.23 bits per heavy atom. The molecule has 0 aliphatic heterocycles. The highest BCUT2D eigenvalue weighted by Crippen LogP contribution is 2.37. The summed E-state index contributed by atoms with van der Waals surface area (Å²) < 4.78 is 27.3. The molecule has 1 aromatic carbocycles. The SMILES string of the molecule is N#Cc1c(NC(=O)c2c(F)cccc2F)sc2c1CCCC2. The fourth-order valence-corrected chi connectivity index (χ4v) is 3.89. The molecule has 0 unspecified atom stereocenters. The fraction of sp³-hybridized carbons (Fsp3) is 0.250. The summed E-state index contributed by atoms with van der Waals surface area (Å²) in [5.41, 5.74) is 0.755. The number of thiophene rings is 1.